The Morgan fingerprint density at radius 1 is 1.17 bits per heavy atom. The van der Waals surface area contributed by atoms with Gasteiger partial charge in [0.15, 0.2) is 5.65 Å². The van der Waals surface area contributed by atoms with Crippen LogP contribution in [0.2, 0.25) is 0 Å². The minimum atomic E-state index is -0.399. The van der Waals surface area contributed by atoms with Crippen LogP contribution >= 0.6 is 0 Å². The van der Waals surface area contributed by atoms with Crippen LogP contribution in [0.3, 0.4) is 0 Å². The summed E-state index contributed by atoms with van der Waals surface area (Å²) < 4.78 is 2.48. The van der Waals surface area contributed by atoms with Gasteiger partial charge in [-0.05, 0) is 30.5 Å². The van der Waals surface area contributed by atoms with Crippen LogP contribution in [-0.2, 0) is 20.5 Å². The Morgan fingerprint density at radius 2 is 1.92 bits per heavy atom. The van der Waals surface area contributed by atoms with Crippen LogP contribution in [0.5, 0.6) is 0 Å². The molecule has 0 amide bonds. The summed E-state index contributed by atoms with van der Waals surface area (Å²) in [5.74, 6) is 0.676. The average molecular weight is 325 g/mol. The second-order valence-corrected chi connectivity index (χ2v) is 5.71. The molecule has 3 aromatic rings. The van der Waals surface area contributed by atoms with Gasteiger partial charge in [-0.15, -0.1) is 0 Å². The SMILES string of the molecule is CCc1cnc2c(c1Nc1ncccc1C)c(=O)n(C)c(=O)n2C. The van der Waals surface area contributed by atoms with Crippen molar-refractivity contribution in [3.8, 4) is 0 Å². The van der Waals surface area contributed by atoms with E-state index in [1.807, 2.05) is 26.0 Å². The summed E-state index contributed by atoms with van der Waals surface area (Å²) in [6.45, 7) is 3.93. The lowest BCUT2D eigenvalue weighted by Crippen LogP contribution is -2.37. The second-order valence-electron chi connectivity index (χ2n) is 5.71. The molecule has 3 heterocycles. The van der Waals surface area contributed by atoms with Crippen LogP contribution in [0.15, 0.2) is 34.1 Å². The van der Waals surface area contributed by atoms with Crippen molar-refractivity contribution in [3.63, 3.8) is 0 Å². The van der Waals surface area contributed by atoms with E-state index in [1.54, 1.807) is 19.4 Å². The molecule has 0 aliphatic rings. The summed E-state index contributed by atoms with van der Waals surface area (Å²) in [6.07, 6.45) is 4.09. The maximum absolute atomic E-state index is 12.7. The molecule has 0 atom stereocenters. The number of nitrogens with one attached hydrogen (secondary N) is 1. The molecule has 3 rings (SSSR count). The quantitative estimate of drug-likeness (QED) is 0.792. The van der Waals surface area contributed by atoms with Gasteiger partial charge in [0.1, 0.15) is 11.2 Å². The molecular formula is C17H19N5O2. The molecular weight excluding hydrogens is 306 g/mol. The highest BCUT2D eigenvalue weighted by molar-refractivity contribution is 5.92. The number of pyridine rings is 2. The van der Waals surface area contributed by atoms with Crippen molar-refractivity contribution in [1.29, 1.82) is 0 Å². The van der Waals surface area contributed by atoms with Crippen molar-refractivity contribution in [2.75, 3.05) is 5.32 Å². The standard InChI is InChI=1S/C17H19N5O2/c1-5-11-9-19-15-12(16(23)22(4)17(24)21(15)3)13(11)20-14-10(2)7-6-8-18-14/h6-9H,5H2,1-4H3,(H,18,19,20). The number of rotatable bonds is 3. The van der Waals surface area contributed by atoms with Gasteiger partial charge in [-0.25, -0.2) is 14.8 Å². The van der Waals surface area contributed by atoms with E-state index < -0.39 is 5.69 Å². The van der Waals surface area contributed by atoms with Crippen molar-refractivity contribution >= 4 is 22.5 Å². The summed E-state index contributed by atoms with van der Waals surface area (Å²) in [5, 5.41) is 3.66. The number of hydrogen-bond acceptors (Lipinski definition) is 5. The van der Waals surface area contributed by atoms with Crippen LogP contribution in [0.4, 0.5) is 11.5 Å². The van der Waals surface area contributed by atoms with E-state index >= 15 is 0 Å². The lowest BCUT2D eigenvalue weighted by atomic mass is 10.1. The van der Waals surface area contributed by atoms with Crippen molar-refractivity contribution in [3.05, 3.63) is 56.5 Å². The number of nitrogens with zero attached hydrogens (tertiary/aromatic N) is 4. The highest BCUT2D eigenvalue weighted by atomic mass is 16.2. The van der Waals surface area contributed by atoms with Gasteiger partial charge in [-0.3, -0.25) is 13.9 Å². The second kappa shape index (κ2) is 5.92. The minimum Gasteiger partial charge on any atom is -0.339 e. The summed E-state index contributed by atoms with van der Waals surface area (Å²) in [6, 6.07) is 3.80. The van der Waals surface area contributed by atoms with Gasteiger partial charge in [-0.2, -0.15) is 0 Å². The number of aromatic nitrogens is 4. The van der Waals surface area contributed by atoms with Crippen LogP contribution in [0.25, 0.3) is 11.0 Å². The van der Waals surface area contributed by atoms with Gasteiger partial charge >= 0.3 is 5.69 Å². The first kappa shape index (κ1) is 15.9. The lowest BCUT2D eigenvalue weighted by molar-refractivity contribution is 0.707. The third kappa shape index (κ3) is 2.38. The molecule has 24 heavy (non-hydrogen) atoms. The van der Waals surface area contributed by atoms with E-state index in [1.165, 1.54) is 11.6 Å². The molecule has 0 radical (unpaired) electrons. The Morgan fingerprint density at radius 3 is 2.58 bits per heavy atom. The Hall–Kier alpha value is -2.96. The molecule has 0 saturated carbocycles. The molecule has 0 spiro atoms. The molecule has 0 fully saturated rings. The number of aryl methyl sites for hydroxylation is 3. The summed E-state index contributed by atoms with van der Waals surface area (Å²) in [7, 11) is 3.08. The number of hydrogen-bond donors (Lipinski definition) is 1. The number of fused-ring (bicyclic) bond motifs is 1. The maximum Gasteiger partial charge on any atom is 0.332 e. The third-order valence-electron chi connectivity index (χ3n) is 4.18. The topological polar surface area (TPSA) is 81.8 Å². The van der Waals surface area contributed by atoms with Gasteiger partial charge in [0.25, 0.3) is 5.56 Å². The zero-order valence-corrected chi connectivity index (χ0v) is 14.1. The monoisotopic (exact) mass is 325 g/mol. The highest BCUT2D eigenvalue weighted by Gasteiger charge is 2.17. The molecule has 0 aliphatic heterocycles. The van der Waals surface area contributed by atoms with Crippen LogP contribution in [0.1, 0.15) is 18.1 Å². The van der Waals surface area contributed by atoms with Crippen LogP contribution < -0.4 is 16.6 Å². The van der Waals surface area contributed by atoms with E-state index in [9.17, 15) is 9.59 Å². The third-order valence-corrected chi connectivity index (χ3v) is 4.18. The molecule has 3 aromatic heterocycles. The predicted octanol–water partition coefficient (Wildman–Crippen LogP) is 1.64. The zero-order valence-electron chi connectivity index (χ0n) is 14.1. The minimum absolute atomic E-state index is 0.358. The van der Waals surface area contributed by atoms with E-state index in [4.69, 9.17) is 0 Å². The Balaban J connectivity index is 2.39. The van der Waals surface area contributed by atoms with Crippen LogP contribution in [-0.4, -0.2) is 19.1 Å². The van der Waals surface area contributed by atoms with Gasteiger partial charge in [0, 0.05) is 26.5 Å². The molecule has 7 heteroatoms. The Labute approximate surface area is 138 Å². The zero-order chi connectivity index (χ0) is 17.4. The van der Waals surface area contributed by atoms with Crippen molar-refractivity contribution in [2.24, 2.45) is 14.1 Å². The average Bonchev–Trinajstić information content (AvgIpc) is 2.59. The van der Waals surface area contributed by atoms with Crippen LogP contribution in [0, 0.1) is 6.92 Å². The van der Waals surface area contributed by atoms with E-state index in [-0.39, 0.29) is 5.56 Å². The first-order valence-corrected chi connectivity index (χ1v) is 7.72. The molecule has 124 valence electrons. The van der Waals surface area contributed by atoms with Gasteiger partial charge in [0.2, 0.25) is 0 Å². The smallest absolute Gasteiger partial charge is 0.332 e. The normalized spacial score (nSPS) is 11.0. The first-order chi connectivity index (χ1) is 11.5. The molecule has 0 bridgehead atoms. The highest BCUT2D eigenvalue weighted by Crippen LogP contribution is 2.27. The fraction of sp³-hybridized carbons (Fsp3) is 0.294. The maximum atomic E-state index is 12.7. The fourth-order valence-electron chi connectivity index (χ4n) is 2.71. The van der Waals surface area contributed by atoms with E-state index in [2.05, 4.69) is 15.3 Å². The van der Waals surface area contributed by atoms with Crippen molar-refractivity contribution < 1.29 is 0 Å². The Bertz CT molecular complexity index is 1050. The van der Waals surface area contributed by atoms with Crippen molar-refractivity contribution in [1.82, 2.24) is 19.1 Å². The lowest BCUT2D eigenvalue weighted by Gasteiger charge is -2.16. The predicted molar refractivity (Wildman–Crippen MR) is 93.9 cm³/mol. The van der Waals surface area contributed by atoms with Gasteiger partial charge in [0.05, 0.1) is 5.69 Å². The summed E-state index contributed by atoms with van der Waals surface area (Å²) >= 11 is 0. The first-order valence-electron chi connectivity index (χ1n) is 7.72. The fourth-order valence-corrected chi connectivity index (χ4v) is 2.71. The molecule has 0 saturated heterocycles. The van der Waals surface area contributed by atoms with E-state index in [0.717, 1.165) is 15.7 Å². The summed E-state index contributed by atoms with van der Waals surface area (Å²) in [4.78, 5) is 33.5. The summed E-state index contributed by atoms with van der Waals surface area (Å²) in [5.41, 5.74) is 2.10. The van der Waals surface area contributed by atoms with Crippen molar-refractivity contribution in [2.45, 2.75) is 20.3 Å². The largest absolute Gasteiger partial charge is 0.339 e. The molecule has 7 nitrogen and oxygen atoms in total. The van der Waals surface area contributed by atoms with Gasteiger partial charge in [-0.1, -0.05) is 13.0 Å². The molecule has 0 unspecified atom stereocenters. The Kier molecular flexibility index (Phi) is 3.92. The number of anilines is 2. The molecule has 1 N–H and O–H groups in total. The van der Waals surface area contributed by atoms with Gasteiger partial charge < -0.3 is 5.32 Å². The van der Waals surface area contributed by atoms with E-state index in [0.29, 0.717) is 29.0 Å². The molecule has 0 aromatic carbocycles. The molecule has 0 aliphatic carbocycles.